The minimum absolute atomic E-state index is 0.633. The summed E-state index contributed by atoms with van der Waals surface area (Å²) < 4.78 is 0. The molecule has 3 aromatic rings. The summed E-state index contributed by atoms with van der Waals surface area (Å²) in [5, 5.41) is 14.6. The number of nitrogens with zero attached hydrogens (tertiary/aromatic N) is 2. The van der Waals surface area contributed by atoms with Crippen LogP contribution in [0.1, 0.15) is 5.56 Å². The largest absolute Gasteiger partial charge is 0.354 e. The predicted molar refractivity (Wildman–Crippen MR) is 76.2 cm³/mol. The van der Waals surface area contributed by atoms with Gasteiger partial charge in [-0.3, -0.25) is 4.98 Å². The lowest BCUT2D eigenvalue weighted by molar-refractivity contribution is 1.36. The van der Waals surface area contributed by atoms with Crippen LogP contribution in [0.4, 0.5) is 11.4 Å². The molecule has 19 heavy (non-hydrogen) atoms. The van der Waals surface area contributed by atoms with Crippen LogP contribution < -0.4 is 5.32 Å². The number of para-hydroxylation sites is 1. The van der Waals surface area contributed by atoms with Crippen LogP contribution in [0.15, 0.2) is 60.9 Å². The van der Waals surface area contributed by atoms with Crippen molar-refractivity contribution in [1.82, 2.24) is 4.98 Å². The van der Waals surface area contributed by atoms with E-state index in [0.717, 1.165) is 22.1 Å². The van der Waals surface area contributed by atoms with E-state index in [0.29, 0.717) is 5.56 Å². The average molecular weight is 245 g/mol. The molecule has 0 aliphatic rings. The van der Waals surface area contributed by atoms with Crippen molar-refractivity contribution in [3.63, 3.8) is 0 Å². The fraction of sp³-hybridized carbons (Fsp3) is 0. The molecule has 2 aromatic carbocycles. The molecule has 0 fully saturated rings. The zero-order valence-electron chi connectivity index (χ0n) is 10.2. The van der Waals surface area contributed by atoms with Gasteiger partial charge in [0.25, 0.3) is 0 Å². The summed E-state index contributed by atoms with van der Waals surface area (Å²) >= 11 is 0. The van der Waals surface area contributed by atoms with Crippen molar-refractivity contribution >= 4 is 22.1 Å². The van der Waals surface area contributed by atoms with E-state index in [1.54, 1.807) is 12.3 Å². The maximum absolute atomic E-state index is 9.11. The van der Waals surface area contributed by atoms with Gasteiger partial charge in [0.1, 0.15) is 6.07 Å². The molecule has 1 heterocycles. The Morgan fingerprint density at radius 2 is 1.79 bits per heavy atom. The molecule has 1 aromatic heterocycles. The maximum Gasteiger partial charge on any atom is 0.101 e. The molecule has 0 radical (unpaired) electrons. The lowest BCUT2D eigenvalue weighted by Gasteiger charge is -2.10. The molecule has 0 amide bonds. The van der Waals surface area contributed by atoms with Crippen LogP contribution in [-0.2, 0) is 0 Å². The third-order valence-electron chi connectivity index (χ3n) is 3.00. The van der Waals surface area contributed by atoms with Gasteiger partial charge in [0, 0.05) is 28.9 Å². The highest BCUT2D eigenvalue weighted by atomic mass is 14.9. The summed E-state index contributed by atoms with van der Waals surface area (Å²) in [6, 6.07) is 17.6. The zero-order valence-corrected chi connectivity index (χ0v) is 10.2. The van der Waals surface area contributed by atoms with Crippen molar-refractivity contribution in [2.45, 2.75) is 0 Å². The smallest absolute Gasteiger partial charge is 0.101 e. The Kier molecular flexibility index (Phi) is 2.83. The van der Waals surface area contributed by atoms with Crippen LogP contribution in [0.25, 0.3) is 10.8 Å². The second-order valence-corrected chi connectivity index (χ2v) is 4.18. The molecule has 0 aliphatic heterocycles. The van der Waals surface area contributed by atoms with Crippen molar-refractivity contribution in [2.24, 2.45) is 0 Å². The molecule has 3 rings (SSSR count). The number of fused-ring (bicyclic) bond motifs is 1. The topological polar surface area (TPSA) is 48.7 Å². The molecular weight excluding hydrogens is 234 g/mol. The fourth-order valence-corrected chi connectivity index (χ4v) is 2.07. The van der Waals surface area contributed by atoms with Crippen molar-refractivity contribution in [1.29, 1.82) is 5.26 Å². The summed E-state index contributed by atoms with van der Waals surface area (Å²) in [6.07, 6.45) is 3.60. The lowest BCUT2D eigenvalue weighted by atomic mass is 10.1. The Balaban J connectivity index is 2.09. The number of pyridine rings is 1. The average Bonchev–Trinajstić information content (AvgIpc) is 2.48. The quantitative estimate of drug-likeness (QED) is 0.746. The molecule has 0 saturated carbocycles. The predicted octanol–water partition coefficient (Wildman–Crippen LogP) is 3.85. The maximum atomic E-state index is 9.11. The molecular formula is C16H11N3. The van der Waals surface area contributed by atoms with E-state index >= 15 is 0 Å². The Bertz CT molecular complexity index is 767. The molecule has 1 N–H and O–H groups in total. The third kappa shape index (κ3) is 2.12. The van der Waals surface area contributed by atoms with Crippen molar-refractivity contribution in [2.75, 3.05) is 5.32 Å². The minimum atomic E-state index is 0.633. The number of nitriles is 1. The first kappa shape index (κ1) is 11.2. The van der Waals surface area contributed by atoms with Gasteiger partial charge in [-0.15, -0.1) is 0 Å². The van der Waals surface area contributed by atoms with Crippen LogP contribution in [0.2, 0.25) is 0 Å². The van der Waals surface area contributed by atoms with Crippen molar-refractivity contribution in [3.05, 3.63) is 66.5 Å². The Morgan fingerprint density at radius 1 is 0.947 bits per heavy atom. The van der Waals surface area contributed by atoms with Gasteiger partial charge >= 0.3 is 0 Å². The number of aromatic nitrogens is 1. The summed E-state index contributed by atoms with van der Waals surface area (Å²) in [5.74, 6) is 0. The van der Waals surface area contributed by atoms with Gasteiger partial charge in [-0.05, 0) is 24.3 Å². The Morgan fingerprint density at radius 3 is 2.68 bits per heavy atom. The summed E-state index contributed by atoms with van der Waals surface area (Å²) in [7, 11) is 0. The molecule has 0 spiro atoms. The summed E-state index contributed by atoms with van der Waals surface area (Å²) in [4.78, 5) is 4.11. The molecule has 3 nitrogen and oxygen atoms in total. The van der Waals surface area contributed by atoms with Gasteiger partial charge in [0.05, 0.1) is 11.3 Å². The number of rotatable bonds is 2. The monoisotopic (exact) mass is 245 g/mol. The Hall–Kier alpha value is -2.86. The molecule has 3 heteroatoms. The highest BCUT2D eigenvalue weighted by Gasteiger charge is 2.04. The van der Waals surface area contributed by atoms with E-state index in [2.05, 4.69) is 16.4 Å². The minimum Gasteiger partial charge on any atom is -0.354 e. The highest BCUT2D eigenvalue weighted by Crippen LogP contribution is 2.27. The first-order valence-electron chi connectivity index (χ1n) is 5.97. The standard InChI is InChI=1S/C16H11N3/c17-10-12-4-1-2-6-15(12)19-16-7-3-5-13-11-18-9-8-14(13)16/h1-9,11,19H. The Labute approximate surface area is 111 Å². The number of hydrogen-bond donors (Lipinski definition) is 1. The number of nitrogens with one attached hydrogen (secondary N) is 1. The molecule has 0 unspecified atom stereocenters. The van der Waals surface area contributed by atoms with E-state index in [-0.39, 0.29) is 0 Å². The fourth-order valence-electron chi connectivity index (χ4n) is 2.07. The number of anilines is 2. The molecule has 0 saturated heterocycles. The SMILES string of the molecule is N#Cc1ccccc1Nc1cccc2cnccc12. The first-order valence-corrected chi connectivity index (χ1v) is 5.97. The van der Waals surface area contributed by atoms with E-state index in [4.69, 9.17) is 5.26 Å². The van der Waals surface area contributed by atoms with Gasteiger partial charge < -0.3 is 5.32 Å². The van der Waals surface area contributed by atoms with Gasteiger partial charge in [0.2, 0.25) is 0 Å². The van der Waals surface area contributed by atoms with Crippen LogP contribution in [0.3, 0.4) is 0 Å². The van der Waals surface area contributed by atoms with Crippen LogP contribution in [0, 0.1) is 11.3 Å². The second kappa shape index (κ2) is 4.79. The zero-order chi connectivity index (χ0) is 13.1. The third-order valence-corrected chi connectivity index (χ3v) is 3.00. The molecule has 90 valence electrons. The molecule has 0 bridgehead atoms. The van der Waals surface area contributed by atoms with Crippen LogP contribution in [-0.4, -0.2) is 4.98 Å². The van der Waals surface area contributed by atoms with Gasteiger partial charge in [-0.2, -0.15) is 5.26 Å². The van der Waals surface area contributed by atoms with E-state index in [1.165, 1.54) is 0 Å². The molecule has 0 aliphatic carbocycles. The number of benzene rings is 2. The highest BCUT2D eigenvalue weighted by molar-refractivity contribution is 5.95. The van der Waals surface area contributed by atoms with Crippen LogP contribution in [0.5, 0.6) is 0 Å². The summed E-state index contributed by atoms with van der Waals surface area (Å²) in [6.45, 7) is 0. The number of hydrogen-bond acceptors (Lipinski definition) is 3. The molecule has 0 atom stereocenters. The van der Waals surface area contributed by atoms with Gasteiger partial charge in [-0.1, -0.05) is 24.3 Å². The van der Waals surface area contributed by atoms with E-state index in [9.17, 15) is 0 Å². The summed E-state index contributed by atoms with van der Waals surface area (Å²) in [5.41, 5.74) is 2.42. The van der Waals surface area contributed by atoms with Gasteiger partial charge in [-0.25, -0.2) is 0 Å². The van der Waals surface area contributed by atoms with Crippen LogP contribution >= 0.6 is 0 Å². The lowest BCUT2D eigenvalue weighted by Crippen LogP contribution is -1.94. The second-order valence-electron chi connectivity index (χ2n) is 4.18. The first-order chi connectivity index (χ1) is 9.38. The van der Waals surface area contributed by atoms with Crippen molar-refractivity contribution < 1.29 is 0 Å². The van der Waals surface area contributed by atoms with Crippen molar-refractivity contribution in [3.8, 4) is 6.07 Å². The normalized spacial score (nSPS) is 10.1. The van der Waals surface area contributed by atoms with E-state index < -0.39 is 0 Å². The van der Waals surface area contributed by atoms with E-state index in [1.807, 2.05) is 48.7 Å². The van der Waals surface area contributed by atoms with Gasteiger partial charge in [0.15, 0.2) is 0 Å².